The molecular weight excluding hydrogens is 220 g/mol. The second kappa shape index (κ2) is 5.15. The molecule has 1 N–H and O–H groups in total. The first-order valence-corrected chi connectivity index (χ1v) is 8.09. The molecule has 1 nitrogen and oxygen atoms in total. The fourth-order valence-electron chi connectivity index (χ4n) is 5.28. The zero-order valence-electron chi connectivity index (χ0n) is 12.8. The topological polar surface area (TPSA) is 20.2 Å². The van der Waals surface area contributed by atoms with E-state index in [4.69, 9.17) is 0 Å². The lowest BCUT2D eigenvalue weighted by Gasteiger charge is -2.51. The van der Waals surface area contributed by atoms with Gasteiger partial charge < -0.3 is 5.11 Å². The molecule has 2 saturated carbocycles. The molecule has 0 amide bonds. The Kier molecular flexibility index (Phi) is 4.11. The molecule has 2 fully saturated rings. The first-order valence-electron chi connectivity index (χ1n) is 8.09. The van der Waals surface area contributed by atoms with E-state index in [1.807, 2.05) is 0 Å². The summed E-state index contributed by atoms with van der Waals surface area (Å²) >= 11 is 0. The van der Waals surface area contributed by atoms with Crippen LogP contribution in [-0.4, -0.2) is 10.7 Å². The maximum atomic E-state index is 11.3. The molecule has 2 aliphatic rings. The van der Waals surface area contributed by atoms with Crippen molar-refractivity contribution in [3.63, 3.8) is 0 Å². The number of aliphatic hydroxyl groups is 1. The molecule has 2 rings (SSSR count). The molecule has 0 heterocycles. The molecule has 0 saturated heterocycles. The SMILES string of the molecule is CCC1CCCCC1C1(O)CC(C)CC(C)(C)C1. The average Bonchev–Trinajstić information content (AvgIpc) is 2.25. The quantitative estimate of drug-likeness (QED) is 0.750. The smallest absolute Gasteiger partial charge is 0.0686 e. The van der Waals surface area contributed by atoms with Crippen molar-refractivity contribution in [3.05, 3.63) is 0 Å². The van der Waals surface area contributed by atoms with Crippen molar-refractivity contribution in [2.75, 3.05) is 0 Å². The van der Waals surface area contributed by atoms with Crippen molar-refractivity contribution in [2.45, 2.75) is 84.7 Å². The van der Waals surface area contributed by atoms with Gasteiger partial charge in [0.25, 0.3) is 0 Å². The Morgan fingerprint density at radius 2 is 1.78 bits per heavy atom. The predicted octanol–water partition coefficient (Wildman–Crippen LogP) is 4.78. The maximum Gasteiger partial charge on any atom is 0.0686 e. The van der Waals surface area contributed by atoms with Gasteiger partial charge >= 0.3 is 0 Å². The number of rotatable bonds is 2. The molecule has 2 aliphatic carbocycles. The van der Waals surface area contributed by atoms with Crippen LogP contribution in [0.25, 0.3) is 0 Å². The zero-order chi connectivity index (χ0) is 13.4. The van der Waals surface area contributed by atoms with E-state index in [2.05, 4.69) is 27.7 Å². The summed E-state index contributed by atoms with van der Waals surface area (Å²) < 4.78 is 0. The summed E-state index contributed by atoms with van der Waals surface area (Å²) in [6.07, 6.45) is 9.90. The van der Waals surface area contributed by atoms with E-state index in [1.54, 1.807) is 0 Å². The molecule has 1 heteroatoms. The lowest BCUT2D eigenvalue weighted by atomic mass is 9.57. The second-order valence-electron chi connectivity index (χ2n) is 8.02. The van der Waals surface area contributed by atoms with Gasteiger partial charge in [0, 0.05) is 0 Å². The third-order valence-corrected chi connectivity index (χ3v) is 5.51. The van der Waals surface area contributed by atoms with E-state index in [0.717, 1.165) is 18.8 Å². The van der Waals surface area contributed by atoms with Crippen LogP contribution in [0.15, 0.2) is 0 Å². The normalized spacial score (nSPS) is 44.8. The van der Waals surface area contributed by atoms with E-state index in [0.29, 0.717) is 17.3 Å². The fraction of sp³-hybridized carbons (Fsp3) is 1.00. The summed E-state index contributed by atoms with van der Waals surface area (Å²) in [5.74, 6) is 2.02. The second-order valence-corrected chi connectivity index (χ2v) is 8.02. The lowest BCUT2D eigenvalue weighted by Crippen LogP contribution is -2.50. The van der Waals surface area contributed by atoms with Crippen LogP contribution in [0.3, 0.4) is 0 Å². The Balaban J connectivity index is 2.17. The van der Waals surface area contributed by atoms with Gasteiger partial charge in [-0.25, -0.2) is 0 Å². The monoisotopic (exact) mass is 252 g/mol. The molecule has 0 aromatic carbocycles. The van der Waals surface area contributed by atoms with Crippen molar-refractivity contribution < 1.29 is 5.11 Å². The summed E-state index contributed by atoms with van der Waals surface area (Å²) in [7, 11) is 0. The largest absolute Gasteiger partial charge is 0.390 e. The van der Waals surface area contributed by atoms with E-state index >= 15 is 0 Å². The Labute approximate surface area is 113 Å². The molecule has 0 spiro atoms. The highest BCUT2D eigenvalue weighted by molar-refractivity contribution is 4.99. The minimum atomic E-state index is -0.373. The van der Waals surface area contributed by atoms with Gasteiger partial charge in [-0.05, 0) is 48.9 Å². The van der Waals surface area contributed by atoms with Gasteiger partial charge in [0.1, 0.15) is 0 Å². The van der Waals surface area contributed by atoms with Crippen molar-refractivity contribution in [1.82, 2.24) is 0 Å². The van der Waals surface area contributed by atoms with Crippen LogP contribution in [0, 0.1) is 23.2 Å². The summed E-state index contributed by atoms with van der Waals surface area (Å²) in [5, 5.41) is 11.3. The first-order chi connectivity index (χ1) is 8.36. The number of hydrogen-bond acceptors (Lipinski definition) is 1. The van der Waals surface area contributed by atoms with Gasteiger partial charge in [-0.15, -0.1) is 0 Å². The van der Waals surface area contributed by atoms with Crippen LogP contribution >= 0.6 is 0 Å². The van der Waals surface area contributed by atoms with Crippen molar-refractivity contribution in [2.24, 2.45) is 23.2 Å². The minimum Gasteiger partial charge on any atom is -0.390 e. The molecule has 106 valence electrons. The highest BCUT2D eigenvalue weighted by Gasteiger charge is 2.48. The van der Waals surface area contributed by atoms with E-state index in [9.17, 15) is 5.11 Å². The van der Waals surface area contributed by atoms with Gasteiger partial charge in [0.15, 0.2) is 0 Å². The van der Waals surface area contributed by atoms with Crippen LogP contribution in [-0.2, 0) is 0 Å². The molecule has 0 aromatic rings. The molecule has 0 aliphatic heterocycles. The van der Waals surface area contributed by atoms with Crippen LogP contribution in [0.1, 0.15) is 79.1 Å². The van der Waals surface area contributed by atoms with Gasteiger partial charge in [-0.3, -0.25) is 0 Å². The molecule has 0 aromatic heterocycles. The van der Waals surface area contributed by atoms with Crippen molar-refractivity contribution in [3.8, 4) is 0 Å². The van der Waals surface area contributed by atoms with Gasteiger partial charge in [-0.1, -0.05) is 53.4 Å². The first kappa shape index (κ1) is 14.4. The lowest BCUT2D eigenvalue weighted by molar-refractivity contribution is -0.124. The Morgan fingerprint density at radius 1 is 1.11 bits per heavy atom. The summed E-state index contributed by atoms with van der Waals surface area (Å²) in [6.45, 7) is 9.33. The van der Waals surface area contributed by atoms with Crippen LogP contribution in [0.5, 0.6) is 0 Å². The molecule has 0 bridgehead atoms. The predicted molar refractivity (Wildman–Crippen MR) is 77.5 cm³/mol. The molecule has 4 atom stereocenters. The van der Waals surface area contributed by atoms with Crippen molar-refractivity contribution >= 4 is 0 Å². The van der Waals surface area contributed by atoms with Crippen LogP contribution < -0.4 is 0 Å². The van der Waals surface area contributed by atoms with E-state index in [1.165, 1.54) is 38.5 Å². The third kappa shape index (κ3) is 2.92. The van der Waals surface area contributed by atoms with E-state index in [-0.39, 0.29) is 5.60 Å². The highest BCUT2D eigenvalue weighted by atomic mass is 16.3. The van der Waals surface area contributed by atoms with Gasteiger partial charge in [-0.2, -0.15) is 0 Å². The molecule has 18 heavy (non-hydrogen) atoms. The van der Waals surface area contributed by atoms with Crippen LogP contribution in [0.4, 0.5) is 0 Å². The van der Waals surface area contributed by atoms with Crippen LogP contribution in [0.2, 0.25) is 0 Å². The summed E-state index contributed by atoms with van der Waals surface area (Å²) in [4.78, 5) is 0. The Hall–Kier alpha value is -0.0400. The number of hydrogen-bond donors (Lipinski definition) is 1. The standard InChI is InChI=1S/C17H32O/c1-5-14-8-6-7-9-15(14)17(18)11-13(2)10-16(3,4)12-17/h13-15,18H,5-12H2,1-4H3. The zero-order valence-corrected chi connectivity index (χ0v) is 12.8. The van der Waals surface area contributed by atoms with Gasteiger partial charge in [0.05, 0.1) is 5.60 Å². The van der Waals surface area contributed by atoms with E-state index < -0.39 is 0 Å². The van der Waals surface area contributed by atoms with Gasteiger partial charge in [0.2, 0.25) is 0 Å². The molecule has 4 unspecified atom stereocenters. The summed E-state index contributed by atoms with van der Waals surface area (Å²) in [6, 6.07) is 0. The fourth-order valence-corrected chi connectivity index (χ4v) is 5.28. The summed E-state index contributed by atoms with van der Waals surface area (Å²) in [5.41, 5.74) is -0.0512. The maximum absolute atomic E-state index is 11.3. The third-order valence-electron chi connectivity index (χ3n) is 5.51. The minimum absolute atomic E-state index is 0.322. The Bertz CT molecular complexity index is 283. The average molecular weight is 252 g/mol. The molecule has 0 radical (unpaired) electrons. The Morgan fingerprint density at radius 3 is 2.39 bits per heavy atom. The highest BCUT2D eigenvalue weighted by Crippen LogP contribution is 2.51. The molecular formula is C17H32O. The van der Waals surface area contributed by atoms with Crippen molar-refractivity contribution in [1.29, 1.82) is 0 Å².